The van der Waals surface area contributed by atoms with Crippen molar-refractivity contribution in [2.75, 3.05) is 11.6 Å². The standard InChI is InChI=1S/C13H16N4O/c14-13-10-17(15-18-13)16-9-5-4-8-12(16)11-6-2-1-3-7-11/h1-3,6-7,10,12,14H,4-5,8-9H2. The number of piperidine rings is 1. The van der Waals surface area contributed by atoms with Crippen LogP contribution in [0.3, 0.4) is 0 Å². The molecule has 0 aliphatic carbocycles. The molecule has 1 aromatic heterocycles. The zero-order valence-corrected chi connectivity index (χ0v) is 10.1. The third-order valence-corrected chi connectivity index (χ3v) is 3.38. The number of aromatic nitrogens is 2. The number of benzene rings is 1. The number of rotatable bonds is 2. The minimum absolute atomic E-state index is 0.0902. The first kappa shape index (κ1) is 11.1. The first-order chi connectivity index (χ1) is 8.84. The third kappa shape index (κ3) is 2.03. The monoisotopic (exact) mass is 244 g/mol. The molecule has 1 N–H and O–H groups in total. The zero-order chi connectivity index (χ0) is 12.4. The van der Waals surface area contributed by atoms with Crippen LogP contribution >= 0.6 is 0 Å². The van der Waals surface area contributed by atoms with Crippen LogP contribution in [0.4, 0.5) is 0 Å². The molecule has 0 radical (unpaired) electrons. The van der Waals surface area contributed by atoms with E-state index in [0.717, 1.165) is 19.4 Å². The van der Waals surface area contributed by atoms with Gasteiger partial charge in [-0.25, -0.2) is 0 Å². The van der Waals surface area contributed by atoms with Crippen molar-refractivity contribution in [2.24, 2.45) is 0 Å². The lowest BCUT2D eigenvalue weighted by Crippen LogP contribution is -2.62. The Hall–Kier alpha value is -2.04. The van der Waals surface area contributed by atoms with Crippen molar-refractivity contribution in [1.82, 2.24) is 5.27 Å². The molecule has 0 bridgehead atoms. The highest BCUT2D eigenvalue weighted by Crippen LogP contribution is 2.27. The molecule has 5 heteroatoms. The summed E-state index contributed by atoms with van der Waals surface area (Å²) >= 11 is 0. The average Bonchev–Trinajstić information content (AvgIpc) is 2.86. The highest BCUT2D eigenvalue weighted by atomic mass is 16.5. The van der Waals surface area contributed by atoms with E-state index in [9.17, 15) is 0 Å². The van der Waals surface area contributed by atoms with Gasteiger partial charge < -0.3 is 4.52 Å². The zero-order valence-electron chi connectivity index (χ0n) is 10.1. The largest absolute Gasteiger partial charge is 0.380 e. The van der Waals surface area contributed by atoms with E-state index in [0.29, 0.717) is 6.04 Å². The van der Waals surface area contributed by atoms with E-state index in [4.69, 9.17) is 9.93 Å². The van der Waals surface area contributed by atoms with E-state index in [1.165, 1.54) is 12.0 Å². The highest BCUT2D eigenvalue weighted by Gasteiger charge is 2.24. The first-order valence-electron chi connectivity index (χ1n) is 6.27. The molecule has 18 heavy (non-hydrogen) atoms. The third-order valence-electron chi connectivity index (χ3n) is 3.38. The Labute approximate surface area is 105 Å². The van der Waals surface area contributed by atoms with E-state index < -0.39 is 0 Å². The van der Waals surface area contributed by atoms with Gasteiger partial charge in [0.1, 0.15) is 0 Å². The van der Waals surface area contributed by atoms with Crippen LogP contribution in [0.15, 0.2) is 41.1 Å². The Morgan fingerprint density at radius 2 is 2.11 bits per heavy atom. The van der Waals surface area contributed by atoms with Gasteiger partial charge in [0, 0.05) is 12.6 Å². The molecule has 1 saturated heterocycles. The molecule has 2 heterocycles. The fraction of sp³-hybridized carbons (Fsp3) is 0.385. The normalized spacial score (nSPS) is 20.0. The molecule has 3 rings (SSSR count). The number of hydrogen-bond donors (Lipinski definition) is 1. The van der Waals surface area contributed by atoms with Crippen molar-refractivity contribution in [3.63, 3.8) is 0 Å². The quantitative estimate of drug-likeness (QED) is 0.797. The van der Waals surface area contributed by atoms with Gasteiger partial charge >= 0.3 is 0 Å². The topological polar surface area (TPSA) is 58.2 Å². The van der Waals surface area contributed by atoms with Crippen LogP contribution in [0.25, 0.3) is 0 Å². The van der Waals surface area contributed by atoms with Gasteiger partial charge in [-0.05, 0) is 23.7 Å². The maximum Gasteiger partial charge on any atom is 0.286 e. The van der Waals surface area contributed by atoms with Gasteiger partial charge in [0.25, 0.3) is 11.8 Å². The maximum absolute atomic E-state index is 7.43. The summed E-state index contributed by atoms with van der Waals surface area (Å²) in [5.74, 6) is 0. The second-order valence-corrected chi connectivity index (χ2v) is 4.57. The Bertz CT molecular complexity index is 560. The molecule has 0 saturated carbocycles. The molecule has 1 fully saturated rings. The molecular weight excluding hydrogens is 228 g/mol. The van der Waals surface area contributed by atoms with E-state index in [-0.39, 0.29) is 5.55 Å². The van der Waals surface area contributed by atoms with Gasteiger partial charge in [-0.1, -0.05) is 41.5 Å². The Morgan fingerprint density at radius 3 is 2.83 bits per heavy atom. The van der Waals surface area contributed by atoms with Crippen molar-refractivity contribution < 1.29 is 9.31 Å². The molecule has 1 atom stereocenters. The molecule has 0 spiro atoms. The van der Waals surface area contributed by atoms with Crippen LogP contribution in [0, 0.1) is 5.41 Å². The molecule has 0 amide bonds. The van der Waals surface area contributed by atoms with Crippen molar-refractivity contribution >= 4 is 0 Å². The van der Waals surface area contributed by atoms with Crippen molar-refractivity contribution in [3.8, 4) is 0 Å². The SMILES string of the molecule is N=c1c[n+](N2CCCCC2c2ccccc2)[n-]o1. The summed E-state index contributed by atoms with van der Waals surface area (Å²) < 4.78 is 4.84. The van der Waals surface area contributed by atoms with Crippen molar-refractivity contribution in [1.29, 1.82) is 5.41 Å². The van der Waals surface area contributed by atoms with E-state index in [1.54, 1.807) is 11.0 Å². The molecular formula is C13H16N4O. The molecule has 1 aliphatic heterocycles. The molecule has 1 unspecified atom stereocenters. The lowest BCUT2D eigenvalue weighted by molar-refractivity contribution is -0.769. The fourth-order valence-electron chi connectivity index (χ4n) is 2.53. The molecule has 5 nitrogen and oxygen atoms in total. The average molecular weight is 244 g/mol. The van der Waals surface area contributed by atoms with Gasteiger partial charge in [0.2, 0.25) is 0 Å². The Kier molecular flexibility index (Phi) is 2.88. The van der Waals surface area contributed by atoms with Crippen LogP contribution in [0.2, 0.25) is 0 Å². The Morgan fingerprint density at radius 1 is 1.28 bits per heavy atom. The predicted molar refractivity (Wildman–Crippen MR) is 64.2 cm³/mol. The first-order valence-corrected chi connectivity index (χ1v) is 6.27. The number of nitrogens with one attached hydrogen (secondary N) is 1. The lowest BCUT2D eigenvalue weighted by Gasteiger charge is -2.36. The predicted octanol–water partition coefficient (Wildman–Crippen LogP) is 0.867. The summed E-state index contributed by atoms with van der Waals surface area (Å²) in [6.45, 7) is 0.941. The molecule has 1 aliphatic rings. The van der Waals surface area contributed by atoms with E-state index >= 15 is 0 Å². The molecule has 94 valence electrons. The summed E-state index contributed by atoms with van der Waals surface area (Å²) in [6.07, 6.45) is 5.09. The molecule has 2 aromatic rings. The summed E-state index contributed by atoms with van der Waals surface area (Å²) in [5, 5.41) is 13.5. The Balaban J connectivity index is 1.93. The van der Waals surface area contributed by atoms with Crippen LogP contribution in [-0.2, 0) is 0 Å². The van der Waals surface area contributed by atoms with Gasteiger partial charge in [0.05, 0.1) is 0 Å². The van der Waals surface area contributed by atoms with Crippen molar-refractivity contribution in [2.45, 2.75) is 25.3 Å². The minimum Gasteiger partial charge on any atom is -0.380 e. The van der Waals surface area contributed by atoms with Crippen molar-refractivity contribution in [3.05, 3.63) is 47.6 Å². The van der Waals surface area contributed by atoms with Gasteiger partial charge in [-0.3, -0.25) is 10.4 Å². The highest BCUT2D eigenvalue weighted by molar-refractivity contribution is 5.21. The van der Waals surface area contributed by atoms with Crippen LogP contribution in [0.1, 0.15) is 30.9 Å². The smallest absolute Gasteiger partial charge is 0.286 e. The van der Waals surface area contributed by atoms with Gasteiger partial charge in [-0.15, -0.1) is 0 Å². The van der Waals surface area contributed by atoms with Gasteiger partial charge in [0.15, 0.2) is 0 Å². The maximum atomic E-state index is 7.43. The van der Waals surface area contributed by atoms with Crippen LogP contribution in [-0.4, -0.2) is 6.54 Å². The summed E-state index contributed by atoms with van der Waals surface area (Å²) in [5.41, 5.74) is 1.38. The summed E-state index contributed by atoms with van der Waals surface area (Å²) in [6, 6.07) is 10.8. The summed E-state index contributed by atoms with van der Waals surface area (Å²) in [4.78, 5) is 1.67. The molecule has 1 aromatic carbocycles. The second-order valence-electron chi connectivity index (χ2n) is 4.57. The fourth-order valence-corrected chi connectivity index (χ4v) is 2.53. The van der Waals surface area contributed by atoms with Crippen LogP contribution in [0.5, 0.6) is 0 Å². The van der Waals surface area contributed by atoms with Gasteiger partial charge in [-0.2, -0.15) is 0 Å². The lowest BCUT2D eigenvalue weighted by atomic mass is 9.97. The van der Waals surface area contributed by atoms with Crippen LogP contribution < -0.4 is 20.6 Å². The minimum atomic E-state index is 0.0902. The second kappa shape index (κ2) is 4.68. The summed E-state index contributed by atoms with van der Waals surface area (Å²) in [7, 11) is 0. The van der Waals surface area contributed by atoms with E-state index in [2.05, 4.69) is 34.5 Å². The number of hydrogen-bond acceptors (Lipinski definition) is 3. The number of nitrogens with zero attached hydrogens (tertiary/aromatic N) is 3. The van der Waals surface area contributed by atoms with E-state index in [1.807, 2.05) is 6.07 Å².